The summed E-state index contributed by atoms with van der Waals surface area (Å²) in [6, 6.07) is 2.53. The predicted molar refractivity (Wildman–Crippen MR) is 84.1 cm³/mol. The third kappa shape index (κ3) is 5.70. The van der Waals surface area contributed by atoms with Gasteiger partial charge in [0.1, 0.15) is 0 Å². The lowest BCUT2D eigenvalue weighted by Crippen LogP contribution is -2.43. The van der Waals surface area contributed by atoms with Crippen LogP contribution in [-0.2, 0) is 4.79 Å². The number of urea groups is 1. The molecule has 0 saturated carbocycles. The fourth-order valence-electron chi connectivity index (χ4n) is 1.45. The van der Waals surface area contributed by atoms with Gasteiger partial charge in [-0.15, -0.1) is 0 Å². The number of hydrogen-bond donors (Lipinski definition) is 4. The van der Waals surface area contributed by atoms with Crippen LogP contribution >= 0.6 is 39.1 Å². The molecule has 0 saturated heterocycles. The molecule has 21 heavy (non-hydrogen) atoms. The van der Waals surface area contributed by atoms with Crippen molar-refractivity contribution in [3.8, 4) is 0 Å². The van der Waals surface area contributed by atoms with Crippen molar-refractivity contribution in [1.29, 1.82) is 0 Å². The summed E-state index contributed by atoms with van der Waals surface area (Å²) in [4.78, 5) is 22.2. The van der Waals surface area contributed by atoms with Gasteiger partial charge < -0.3 is 20.8 Å². The van der Waals surface area contributed by atoms with E-state index in [9.17, 15) is 14.7 Å². The molecule has 0 aromatic heterocycles. The summed E-state index contributed by atoms with van der Waals surface area (Å²) in [6.07, 6.45) is -0.488. The van der Waals surface area contributed by atoms with Crippen molar-refractivity contribution < 1.29 is 19.8 Å². The van der Waals surface area contributed by atoms with E-state index in [-0.39, 0.29) is 16.6 Å². The van der Waals surface area contributed by atoms with Gasteiger partial charge in [-0.1, -0.05) is 23.2 Å². The highest BCUT2D eigenvalue weighted by Gasteiger charge is 2.25. The Hall–Kier alpha value is -1.02. The number of anilines is 1. The quantitative estimate of drug-likeness (QED) is 0.571. The van der Waals surface area contributed by atoms with Crippen LogP contribution in [0.2, 0.25) is 10.0 Å². The van der Waals surface area contributed by atoms with Gasteiger partial charge in [0.25, 0.3) is 0 Å². The van der Waals surface area contributed by atoms with Gasteiger partial charge in [-0.2, -0.15) is 0 Å². The van der Waals surface area contributed by atoms with Crippen LogP contribution in [0, 0.1) is 0 Å². The topological polar surface area (TPSA) is 98.7 Å². The van der Waals surface area contributed by atoms with E-state index in [4.69, 9.17) is 28.3 Å². The van der Waals surface area contributed by atoms with E-state index >= 15 is 0 Å². The number of carbonyl (C=O) groups excluding carboxylic acids is 1. The molecule has 0 aliphatic rings. The number of aliphatic hydroxyl groups is 1. The number of hydrogen-bond acceptors (Lipinski definition) is 3. The van der Waals surface area contributed by atoms with E-state index in [1.54, 1.807) is 12.1 Å². The molecule has 0 aliphatic heterocycles. The Balaban J connectivity index is 2.63. The fourth-order valence-corrected chi connectivity index (χ4v) is 2.27. The molecule has 0 spiro atoms. The molecule has 2 amide bonds. The molecular formula is C12H13BrCl2N2O4. The number of benzene rings is 1. The lowest BCUT2D eigenvalue weighted by molar-refractivity contribution is -0.141. The maximum atomic E-state index is 11.7. The molecule has 0 heterocycles. The lowest BCUT2D eigenvalue weighted by Gasteiger charge is -2.21. The van der Waals surface area contributed by atoms with Crippen molar-refractivity contribution in [2.45, 2.75) is 18.9 Å². The van der Waals surface area contributed by atoms with Crippen LogP contribution in [0.3, 0.4) is 0 Å². The molecule has 0 fully saturated rings. The molecule has 1 atom stereocenters. The van der Waals surface area contributed by atoms with Gasteiger partial charge in [-0.3, -0.25) is 4.79 Å². The van der Waals surface area contributed by atoms with Crippen LogP contribution in [0.15, 0.2) is 16.6 Å². The molecule has 1 rings (SSSR count). The Kier molecular flexibility index (Phi) is 6.27. The highest BCUT2D eigenvalue weighted by Crippen LogP contribution is 2.35. The summed E-state index contributed by atoms with van der Waals surface area (Å²) in [7, 11) is 0. The zero-order valence-corrected chi connectivity index (χ0v) is 14.0. The minimum absolute atomic E-state index is 0.165. The molecule has 0 bridgehead atoms. The summed E-state index contributed by atoms with van der Waals surface area (Å²) in [5.41, 5.74) is -1.26. The van der Waals surface area contributed by atoms with E-state index in [2.05, 4.69) is 26.6 Å². The normalized spacial score (nSPS) is 13.4. The fraction of sp³-hybridized carbons (Fsp3) is 0.333. The molecule has 0 aliphatic carbocycles. The van der Waals surface area contributed by atoms with Crippen molar-refractivity contribution >= 4 is 56.8 Å². The smallest absolute Gasteiger partial charge is 0.319 e. The molecule has 116 valence electrons. The number of aliphatic carboxylic acids is 1. The standard InChI is InChI=1S/C12H13BrCl2N2O4/c1-12(21,4-8(18)19)5-16-11(20)17-7-3-2-6(13)9(14)10(7)15/h2-3,21H,4-5H2,1H3,(H,18,19)(H2,16,17,20). The van der Waals surface area contributed by atoms with Crippen molar-refractivity contribution in [2.75, 3.05) is 11.9 Å². The summed E-state index contributed by atoms with van der Waals surface area (Å²) in [6.45, 7) is 1.08. The third-order valence-corrected chi connectivity index (χ3v) is 4.22. The zero-order valence-electron chi connectivity index (χ0n) is 10.9. The molecule has 0 radical (unpaired) electrons. The van der Waals surface area contributed by atoms with E-state index in [0.717, 1.165) is 0 Å². The van der Waals surface area contributed by atoms with Gasteiger partial charge in [0, 0.05) is 11.0 Å². The largest absolute Gasteiger partial charge is 0.481 e. The first kappa shape index (κ1) is 18.0. The molecule has 4 N–H and O–H groups in total. The highest BCUT2D eigenvalue weighted by molar-refractivity contribution is 9.10. The van der Waals surface area contributed by atoms with Gasteiger partial charge >= 0.3 is 12.0 Å². The minimum Gasteiger partial charge on any atom is -0.481 e. The van der Waals surface area contributed by atoms with Gasteiger partial charge in [0.15, 0.2) is 0 Å². The average molecular weight is 400 g/mol. The number of rotatable bonds is 5. The summed E-state index contributed by atoms with van der Waals surface area (Å²) < 4.78 is 0.588. The number of carboxylic acids is 1. The van der Waals surface area contributed by atoms with Gasteiger partial charge in [0.2, 0.25) is 0 Å². The summed E-state index contributed by atoms with van der Waals surface area (Å²) in [5.74, 6) is -1.16. The Morgan fingerprint density at radius 3 is 2.52 bits per heavy atom. The highest BCUT2D eigenvalue weighted by atomic mass is 79.9. The number of carboxylic acid groups (broad SMARTS) is 1. The van der Waals surface area contributed by atoms with Crippen LogP contribution in [0.5, 0.6) is 0 Å². The van der Waals surface area contributed by atoms with Gasteiger partial charge in [-0.05, 0) is 35.0 Å². The summed E-state index contributed by atoms with van der Waals surface area (Å²) >= 11 is 15.1. The van der Waals surface area contributed by atoms with Crippen LogP contribution in [0.1, 0.15) is 13.3 Å². The number of nitrogens with one attached hydrogen (secondary N) is 2. The van der Waals surface area contributed by atoms with Crippen molar-refractivity contribution in [3.63, 3.8) is 0 Å². The Labute approximate surface area is 139 Å². The lowest BCUT2D eigenvalue weighted by atomic mass is 10.0. The number of halogens is 3. The SMILES string of the molecule is CC(O)(CNC(=O)Nc1ccc(Br)c(Cl)c1Cl)CC(=O)O. The molecule has 9 heteroatoms. The van der Waals surface area contributed by atoms with E-state index in [0.29, 0.717) is 10.2 Å². The molecule has 1 aromatic carbocycles. The van der Waals surface area contributed by atoms with E-state index < -0.39 is 24.0 Å². The zero-order chi connectivity index (χ0) is 16.2. The van der Waals surface area contributed by atoms with E-state index in [1.165, 1.54) is 6.92 Å². The maximum Gasteiger partial charge on any atom is 0.319 e. The second-order valence-electron chi connectivity index (χ2n) is 4.60. The van der Waals surface area contributed by atoms with Crippen molar-refractivity contribution in [1.82, 2.24) is 5.32 Å². The first-order chi connectivity index (χ1) is 9.62. The Bertz CT molecular complexity index is 566. The van der Waals surface area contributed by atoms with Crippen molar-refractivity contribution in [2.24, 2.45) is 0 Å². The maximum absolute atomic E-state index is 11.7. The van der Waals surface area contributed by atoms with Crippen LogP contribution < -0.4 is 10.6 Å². The molecule has 1 aromatic rings. The second-order valence-corrected chi connectivity index (χ2v) is 6.21. The first-order valence-corrected chi connectivity index (χ1v) is 7.30. The first-order valence-electron chi connectivity index (χ1n) is 5.75. The predicted octanol–water partition coefficient (Wildman–Crippen LogP) is 3.10. The molecule has 6 nitrogen and oxygen atoms in total. The van der Waals surface area contributed by atoms with Gasteiger partial charge in [0.05, 0.1) is 27.8 Å². The van der Waals surface area contributed by atoms with Crippen LogP contribution in [0.25, 0.3) is 0 Å². The minimum atomic E-state index is -1.55. The average Bonchev–Trinajstić information content (AvgIpc) is 2.36. The third-order valence-electron chi connectivity index (χ3n) is 2.45. The molecule has 1 unspecified atom stereocenters. The Morgan fingerprint density at radius 1 is 1.33 bits per heavy atom. The van der Waals surface area contributed by atoms with Crippen LogP contribution in [-0.4, -0.2) is 34.4 Å². The van der Waals surface area contributed by atoms with Gasteiger partial charge in [-0.25, -0.2) is 4.79 Å². The van der Waals surface area contributed by atoms with E-state index in [1.807, 2.05) is 0 Å². The van der Waals surface area contributed by atoms with Crippen LogP contribution in [0.4, 0.5) is 10.5 Å². The van der Waals surface area contributed by atoms with Crippen molar-refractivity contribution in [3.05, 3.63) is 26.7 Å². The Morgan fingerprint density at radius 2 is 1.95 bits per heavy atom. The summed E-state index contributed by atoms with van der Waals surface area (Å²) in [5, 5.41) is 23.6. The molecular weight excluding hydrogens is 387 g/mol. The monoisotopic (exact) mass is 398 g/mol. The second kappa shape index (κ2) is 7.31. The number of carbonyl (C=O) groups is 2. The number of amides is 2.